The molecule has 3 saturated heterocycles. The number of amides is 3. The molecule has 2 N–H and O–H groups in total. The Labute approximate surface area is 489 Å². The first-order valence-corrected chi connectivity index (χ1v) is 30.8. The number of hydrogen-bond acceptors (Lipinski definition) is 13. The van der Waals surface area contributed by atoms with Crippen molar-refractivity contribution in [3.8, 4) is 0 Å². The van der Waals surface area contributed by atoms with Gasteiger partial charge < -0.3 is 30.0 Å². The summed E-state index contributed by atoms with van der Waals surface area (Å²) in [5, 5.41) is 15.0. The zero-order valence-corrected chi connectivity index (χ0v) is 49.9. The molecule has 0 unspecified atom stereocenters. The molecule has 19 nitrogen and oxygen atoms in total. The predicted molar refractivity (Wildman–Crippen MR) is 316 cm³/mol. The van der Waals surface area contributed by atoms with Gasteiger partial charge in [0, 0.05) is 98.8 Å². The molecule has 22 heteroatoms. The van der Waals surface area contributed by atoms with Crippen molar-refractivity contribution in [2.24, 2.45) is 10.8 Å². The molecule has 82 heavy (non-hydrogen) atoms. The van der Waals surface area contributed by atoms with Gasteiger partial charge >= 0.3 is 5.97 Å². The van der Waals surface area contributed by atoms with Gasteiger partial charge in [0.25, 0.3) is 5.56 Å². The van der Waals surface area contributed by atoms with Gasteiger partial charge in [-0.3, -0.25) is 33.3 Å². The van der Waals surface area contributed by atoms with Gasteiger partial charge in [0.2, 0.25) is 33.7 Å². The van der Waals surface area contributed by atoms with Gasteiger partial charge in [-0.25, -0.2) is 18.4 Å². The fourth-order valence-corrected chi connectivity index (χ4v) is 15.0. The Morgan fingerprint density at radius 1 is 0.817 bits per heavy atom. The summed E-state index contributed by atoms with van der Waals surface area (Å²) in [5.74, 6) is -2.02. The second-order valence-electron chi connectivity index (χ2n) is 23.8. The molecule has 3 aliphatic heterocycles. The summed E-state index contributed by atoms with van der Waals surface area (Å²) in [5.41, 5.74) is 1.17. The molecule has 3 amide bonds. The van der Waals surface area contributed by atoms with Crippen LogP contribution in [-0.2, 0) is 29.2 Å². The van der Waals surface area contributed by atoms with E-state index in [0.717, 1.165) is 42.5 Å². The highest BCUT2D eigenvalue weighted by Crippen LogP contribution is 2.53. The quantitative estimate of drug-likeness (QED) is 0.0616. The highest BCUT2D eigenvalue weighted by atomic mass is 35.5. The minimum absolute atomic E-state index is 0.0239. The number of rotatable bonds is 18. The van der Waals surface area contributed by atoms with Gasteiger partial charge in [0.1, 0.15) is 11.5 Å². The molecule has 3 aromatic heterocycles. The smallest absolute Gasteiger partial charge is 0.304 e. The number of aromatic nitrogens is 4. The average Bonchev–Trinajstić information content (AvgIpc) is 1.74. The summed E-state index contributed by atoms with van der Waals surface area (Å²) in [6.07, 6.45) is 8.39. The number of carbonyl (C=O) groups excluding carboxylic acids is 4. The number of likely N-dealkylation sites (tertiary alicyclic amines) is 1. The Hall–Kier alpha value is -6.48. The molecule has 6 heterocycles. The second kappa shape index (κ2) is 24.8. The number of carboxylic acid groups (broad SMARTS) is 1. The SMILES string of the molecule is CC(=O)c1c(C)c2cnc(Nc3ccc(N4CCN(C(=O)CCCCC(=O)N5CCN(S(=O)(=O)C[C@@H](N6C(=O)[C@@](C)(CC(=O)O)C[C@H](c7cccc(Cl)c7)[C@H]6c6ccc(Cl)cc6)C(C)(C)C)CC5)CC4)cn3)nc2n(C2CCCC2)c1=O. The fourth-order valence-electron chi connectivity index (χ4n) is 12.6. The minimum atomic E-state index is -4.06. The third-order valence-corrected chi connectivity index (χ3v) is 19.5. The lowest BCUT2D eigenvalue weighted by molar-refractivity contribution is -0.162. The highest BCUT2D eigenvalue weighted by molar-refractivity contribution is 7.89. The van der Waals surface area contributed by atoms with E-state index in [9.17, 15) is 37.5 Å². The van der Waals surface area contributed by atoms with Crippen LogP contribution in [0.4, 0.5) is 17.5 Å². The number of anilines is 3. The average molecular weight is 1180 g/mol. The van der Waals surface area contributed by atoms with E-state index in [2.05, 4.69) is 20.2 Å². The number of ketones is 1. The van der Waals surface area contributed by atoms with Crippen molar-refractivity contribution in [1.29, 1.82) is 0 Å². The lowest BCUT2D eigenvalue weighted by Gasteiger charge is -2.54. The zero-order valence-electron chi connectivity index (χ0n) is 47.6. The van der Waals surface area contributed by atoms with E-state index in [1.165, 1.54) is 11.2 Å². The number of aryl methyl sites for hydroxylation is 1. The molecule has 9 rings (SSSR count). The molecule has 2 aromatic carbocycles. The van der Waals surface area contributed by atoms with E-state index in [1.807, 2.05) is 68.1 Å². The number of piperidine rings is 1. The number of aliphatic carboxylic acids is 1. The monoisotopic (exact) mass is 1180 g/mol. The molecule has 0 radical (unpaired) electrons. The minimum Gasteiger partial charge on any atom is -0.481 e. The number of carbonyl (C=O) groups is 5. The van der Waals surface area contributed by atoms with Crippen LogP contribution in [0.15, 0.2) is 77.9 Å². The third-order valence-electron chi connectivity index (χ3n) is 17.1. The van der Waals surface area contributed by atoms with Crippen LogP contribution in [0.2, 0.25) is 10.0 Å². The van der Waals surface area contributed by atoms with Crippen LogP contribution in [-0.4, -0.2) is 146 Å². The Morgan fingerprint density at radius 3 is 2.02 bits per heavy atom. The molecular formula is C60H74Cl2N10O9S. The van der Waals surface area contributed by atoms with Gasteiger partial charge in [-0.05, 0) is 104 Å². The molecule has 0 spiro atoms. The number of pyridine rings is 2. The summed E-state index contributed by atoms with van der Waals surface area (Å²) in [6, 6.07) is 16.5. The third kappa shape index (κ3) is 13.1. The van der Waals surface area contributed by atoms with E-state index < -0.39 is 62.9 Å². The number of sulfonamides is 1. The molecule has 5 aromatic rings. The topological polar surface area (TPSA) is 229 Å². The van der Waals surface area contributed by atoms with Gasteiger partial charge in [-0.2, -0.15) is 9.29 Å². The molecule has 438 valence electrons. The number of benzene rings is 2. The van der Waals surface area contributed by atoms with Crippen molar-refractivity contribution in [3.63, 3.8) is 0 Å². The predicted octanol–water partition coefficient (Wildman–Crippen LogP) is 9.20. The Kier molecular flexibility index (Phi) is 18.2. The molecular weight excluding hydrogens is 1110 g/mol. The number of carboxylic acids is 1. The fraction of sp³-hybridized carbons (Fsp3) is 0.517. The largest absolute Gasteiger partial charge is 0.481 e. The normalized spacial score (nSPS) is 20.8. The standard InChI is InChI=1S/C60H74Cl2N10O9S/c1-38-47-36-64-58(66-55(47)71(44-14-7-8-15-44)56(78)53(38)39(2)73)65-49-23-22-45(35-63-49)67-24-26-68(27-25-67)50(74)16-9-10-17-51(75)69-28-30-70(31-29-69)82(80,81)37-48(59(3,4)5)72-54(40-18-20-42(61)21-19-40)46(41-12-11-13-43(62)32-41)33-60(6,57(72)79)34-52(76)77/h11-13,18-23,32,35-36,44,46,48,54H,7-10,14-17,24-31,33-34,37H2,1-6H3,(H,76,77)(H,63,64,65,66)/t46-,48-,54-,60-/m1/s1. The van der Waals surface area contributed by atoms with E-state index in [4.69, 9.17) is 28.2 Å². The van der Waals surface area contributed by atoms with Gasteiger partial charge in [0.15, 0.2) is 5.78 Å². The van der Waals surface area contributed by atoms with Crippen LogP contribution < -0.4 is 15.8 Å². The maximum absolute atomic E-state index is 15.1. The molecule has 0 bridgehead atoms. The first-order chi connectivity index (χ1) is 38.9. The van der Waals surface area contributed by atoms with Crippen LogP contribution in [0.25, 0.3) is 11.0 Å². The second-order valence-corrected chi connectivity index (χ2v) is 26.7. The first-order valence-electron chi connectivity index (χ1n) is 28.4. The van der Waals surface area contributed by atoms with Crippen LogP contribution >= 0.6 is 23.2 Å². The summed E-state index contributed by atoms with van der Waals surface area (Å²) in [6.45, 7) is 13.3. The first kappa shape index (κ1) is 60.1. The lowest BCUT2D eigenvalue weighted by Crippen LogP contribution is -2.61. The van der Waals surface area contributed by atoms with Crippen molar-refractivity contribution < 1.29 is 37.5 Å². The van der Waals surface area contributed by atoms with E-state index in [1.54, 1.807) is 58.8 Å². The number of unbranched alkanes of at least 4 members (excludes halogenated alkanes) is 1. The highest BCUT2D eigenvalue weighted by Gasteiger charge is 2.55. The Morgan fingerprint density at radius 2 is 1.45 bits per heavy atom. The van der Waals surface area contributed by atoms with Crippen molar-refractivity contribution in [1.82, 2.24) is 38.5 Å². The van der Waals surface area contributed by atoms with Crippen LogP contribution in [0.1, 0.15) is 144 Å². The van der Waals surface area contributed by atoms with Crippen molar-refractivity contribution in [2.45, 2.75) is 130 Å². The summed E-state index contributed by atoms with van der Waals surface area (Å²) in [4.78, 5) is 102. The summed E-state index contributed by atoms with van der Waals surface area (Å²) in [7, 11) is -4.06. The van der Waals surface area contributed by atoms with Gasteiger partial charge in [-0.1, -0.05) is 88.0 Å². The van der Waals surface area contributed by atoms with Crippen LogP contribution in [0.5, 0.6) is 0 Å². The molecule has 1 aliphatic carbocycles. The molecule has 4 atom stereocenters. The van der Waals surface area contributed by atoms with Crippen molar-refractivity contribution in [3.05, 3.63) is 116 Å². The van der Waals surface area contributed by atoms with E-state index in [0.29, 0.717) is 77.9 Å². The zero-order chi connectivity index (χ0) is 58.8. The van der Waals surface area contributed by atoms with Crippen molar-refractivity contribution in [2.75, 3.05) is 68.3 Å². The van der Waals surface area contributed by atoms with Gasteiger partial charge in [0.05, 0.1) is 47.1 Å². The van der Waals surface area contributed by atoms with E-state index in [-0.39, 0.29) is 79.7 Å². The van der Waals surface area contributed by atoms with Crippen LogP contribution in [0.3, 0.4) is 0 Å². The Balaban J connectivity index is 0.759. The van der Waals surface area contributed by atoms with Crippen molar-refractivity contribution >= 4 is 91.2 Å². The summed E-state index contributed by atoms with van der Waals surface area (Å²) >= 11 is 12.9. The maximum atomic E-state index is 15.1. The van der Waals surface area contributed by atoms with Crippen LogP contribution in [0, 0.1) is 17.8 Å². The molecule has 1 saturated carbocycles. The van der Waals surface area contributed by atoms with Gasteiger partial charge in [-0.15, -0.1) is 0 Å². The van der Waals surface area contributed by atoms with E-state index >= 15 is 4.79 Å². The maximum Gasteiger partial charge on any atom is 0.304 e. The number of fused-ring (bicyclic) bond motifs is 1. The number of nitrogens with one attached hydrogen (secondary N) is 1. The Bertz CT molecular complexity index is 3390. The number of nitrogens with zero attached hydrogens (tertiary/aromatic N) is 9. The lowest BCUT2D eigenvalue weighted by atomic mass is 9.66. The number of piperazine rings is 2. The molecule has 4 fully saturated rings. The summed E-state index contributed by atoms with van der Waals surface area (Å²) < 4.78 is 32.4. The number of hydrogen-bond donors (Lipinski definition) is 2. The number of Topliss-reactive ketones (excluding diaryl/α,β-unsaturated/α-hetero) is 1. The number of halogens is 2. The molecule has 4 aliphatic rings.